The number of aromatic nitrogens is 2. The first-order valence-electron chi connectivity index (χ1n) is 10.5. The van der Waals surface area contributed by atoms with Crippen LogP contribution >= 0.6 is 0 Å². The van der Waals surface area contributed by atoms with Gasteiger partial charge in [0.15, 0.2) is 0 Å². The van der Waals surface area contributed by atoms with E-state index in [1.165, 1.54) is 0 Å². The van der Waals surface area contributed by atoms with Gasteiger partial charge in [-0.25, -0.2) is 0 Å². The standard InChI is InChI=1S/C22H27N5O3/c1-3-19-24-21(29)16-6-4-5-7-17(16)27(19)15-8-11-26(12-9-15)20(28)14-18-22(30)23-10-13-25(18)2/h4-8,18H,3,9-14H2,1-2H3,(H,23,30)/t18-/m0/s1. The van der Waals surface area contributed by atoms with Gasteiger partial charge in [-0.1, -0.05) is 19.1 Å². The quantitative estimate of drug-likeness (QED) is 0.809. The minimum Gasteiger partial charge on any atom is -0.353 e. The number of likely N-dealkylation sites (N-methyl/N-ethyl adjacent to an activating group) is 1. The highest BCUT2D eigenvalue weighted by molar-refractivity contribution is 5.89. The van der Waals surface area contributed by atoms with E-state index in [9.17, 15) is 14.4 Å². The molecule has 0 saturated carbocycles. The fourth-order valence-electron chi connectivity index (χ4n) is 4.23. The van der Waals surface area contributed by atoms with E-state index in [4.69, 9.17) is 0 Å². The second-order valence-corrected chi connectivity index (χ2v) is 7.82. The number of nitrogens with one attached hydrogen (secondary N) is 1. The van der Waals surface area contributed by atoms with Crippen molar-refractivity contribution in [3.8, 4) is 0 Å². The van der Waals surface area contributed by atoms with Crippen molar-refractivity contribution in [2.45, 2.75) is 32.2 Å². The third-order valence-corrected chi connectivity index (χ3v) is 5.97. The van der Waals surface area contributed by atoms with Gasteiger partial charge in [0.2, 0.25) is 11.8 Å². The lowest BCUT2D eigenvalue weighted by molar-refractivity contribution is -0.138. The van der Waals surface area contributed by atoms with E-state index in [0.29, 0.717) is 37.9 Å². The van der Waals surface area contributed by atoms with Crippen molar-refractivity contribution in [3.63, 3.8) is 0 Å². The number of rotatable bonds is 4. The number of nitrogens with zero attached hydrogens (tertiary/aromatic N) is 4. The number of hydrogen-bond acceptors (Lipinski definition) is 5. The van der Waals surface area contributed by atoms with Crippen LogP contribution in [0.5, 0.6) is 0 Å². The van der Waals surface area contributed by atoms with Crippen LogP contribution in [-0.4, -0.2) is 70.4 Å². The Morgan fingerprint density at radius 3 is 2.73 bits per heavy atom. The van der Waals surface area contributed by atoms with Gasteiger partial charge in [-0.05, 0) is 25.3 Å². The molecular weight excluding hydrogens is 382 g/mol. The summed E-state index contributed by atoms with van der Waals surface area (Å²) in [5, 5.41) is 3.43. The van der Waals surface area contributed by atoms with Gasteiger partial charge in [0, 0.05) is 44.7 Å². The second-order valence-electron chi connectivity index (χ2n) is 7.82. The van der Waals surface area contributed by atoms with Gasteiger partial charge in [0.25, 0.3) is 5.56 Å². The molecule has 8 heteroatoms. The average molecular weight is 409 g/mol. The van der Waals surface area contributed by atoms with E-state index in [-0.39, 0.29) is 23.8 Å². The Bertz CT molecular complexity index is 1070. The highest BCUT2D eigenvalue weighted by Gasteiger charge is 2.31. The third-order valence-electron chi connectivity index (χ3n) is 5.97. The Labute approximate surface area is 175 Å². The van der Waals surface area contributed by atoms with Gasteiger partial charge in [-0.3, -0.25) is 19.3 Å². The molecule has 2 aliphatic rings. The van der Waals surface area contributed by atoms with Gasteiger partial charge in [0.05, 0.1) is 23.4 Å². The molecule has 2 amide bonds. The first kappa shape index (κ1) is 20.3. The van der Waals surface area contributed by atoms with Crippen LogP contribution in [0.1, 0.15) is 25.6 Å². The Morgan fingerprint density at radius 2 is 2.03 bits per heavy atom. The lowest BCUT2D eigenvalue weighted by atomic mass is 10.1. The molecule has 4 rings (SSSR count). The molecule has 1 N–H and O–H groups in total. The van der Waals surface area contributed by atoms with E-state index < -0.39 is 6.04 Å². The lowest BCUT2D eigenvalue weighted by Gasteiger charge is -2.34. The Morgan fingerprint density at radius 1 is 1.23 bits per heavy atom. The molecule has 1 atom stereocenters. The van der Waals surface area contributed by atoms with Crippen molar-refractivity contribution in [1.29, 1.82) is 0 Å². The summed E-state index contributed by atoms with van der Waals surface area (Å²) in [7, 11) is 1.88. The minimum absolute atomic E-state index is 0.0159. The molecule has 1 saturated heterocycles. The van der Waals surface area contributed by atoms with Crippen LogP contribution in [0.3, 0.4) is 0 Å². The molecule has 0 spiro atoms. The van der Waals surface area contributed by atoms with Crippen LogP contribution in [0, 0.1) is 0 Å². The number of carbonyl (C=O) groups excluding carboxylic acids is 2. The summed E-state index contributed by atoms with van der Waals surface area (Å²) in [5.74, 6) is 0.631. The highest BCUT2D eigenvalue weighted by atomic mass is 16.2. The second kappa shape index (κ2) is 8.39. The molecule has 2 aromatic rings. The Kier molecular flexibility index (Phi) is 5.67. The van der Waals surface area contributed by atoms with Crippen LogP contribution < -0.4 is 10.9 Å². The van der Waals surface area contributed by atoms with Gasteiger partial charge in [-0.2, -0.15) is 4.98 Å². The van der Waals surface area contributed by atoms with E-state index >= 15 is 0 Å². The Hall–Kier alpha value is -3.00. The molecule has 2 aliphatic heterocycles. The van der Waals surface area contributed by atoms with Crippen molar-refractivity contribution >= 4 is 28.4 Å². The molecule has 30 heavy (non-hydrogen) atoms. The summed E-state index contributed by atoms with van der Waals surface area (Å²) in [4.78, 5) is 45.3. The van der Waals surface area contributed by atoms with Crippen LogP contribution in [0.15, 0.2) is 35.1 Å². The molecule has 0 bridgehead atoms. The number of hydrogen-bond donors (Lipinski definition) is 1. The zero-order chi connectivity index (χ0) is 21.3. The molecule has 0 unspecified atom stereocenters. The number of para-hydroxylation sites is 1. The molecule has 1 fully saturated rings. The van der Waals surface area contributed by atoms with Gasteiger partial charge in [-0.15, -0.1) is 0 Å². The zero-order valence-corrected chi connectivity index (χ0v) is 17.4. The largest absolute Gasteiger partial charge is 0.353 e. The van der Waals surface area contributed by atoms with Gasteiger partial charge < -0.3 is 14.8 Å². The van der Waals surface area contributed by atoms with Crippen LogP contribution in [0.2, 0.25) is 0 Å². The first-order chi connectivity index (χ1) is 14.5. The number of piperazine rings is 1. The maximum atomic E-state index is 12.8. The molecule has 158 valence electrons. The number of benzene rings is 1. The Balaban J connectivity index is 1.56. The van der Waals surface area contributed by atoms with E-state index in [1.807, 2.05) is 43.1 Å². The van der Waals surface area contributed by atoms with Gasteiger partial charge >= 0.3 is 0 Å². The summed E-state index contributed by atoms with van der Waals surface area (Å²) in [6.07, 6.45) is 3.53. The van der Waals surface area contributed by atoms with E-state index in [0.717, 1.165) is 23.6 Å². The maximum Gasteiger partial charge on any atom is 0.280 e. The normalized spacial score (nSPS) is 20.2. The summed E-state index contributed by atoms with van der Waals surface area (Å²) < 4.78 is 2.06. The van der Waals surface area contributed by atoms with Crippen LogP contribution in [0.25, 0.3) is 16.6 Å². The topological polar surface area (TPSA) is 87.5 Å². The summed E-state index contributed by atoms with van der Waals surface area (Å²) in [5.41, 5.74) is 1.69. The third kappa shape index (κ3) is 3.75. The van der Waals surface area contributed by atoms with Crippen LogP contribution in [0.4, 0.5) is 0 Å². The highest BCUT2D eigenvalue weighted by Crippen LogP contribution is 2.23. The lowest BCUT2D eigenvalue weighted by Crippen LogP contribution is -2.55. The SMILES string of the molecule is CCc1nc(=O)c2ccccc2n1C1=CCN(C(=O)C[C@H]2C(=O)NCCN2C)CC1. The zero-order valence-electron chi connectivity index (χ0n) is 17.4. The van der Waals surface area contributed by atoms with Crippen molar-refractivity contribution < 1.29 is 9.59 Å². The van der Waals surface area contributed by atoms with Crippen molar-refractivity contribution in [2.24, 2.45) is 0 Å². The predicted molar refractivity (Wildman–Crippen MR) is 115 cm³/mol. The summed E-state index contributed by atoms with van der Waals surface area (Å²) in [6.45, 7) is 4.41. The van der Waals surface area contributed by atoms with Crippen molar-refractivity contribution in [1.82, 2.24) is 24.7 Å². The monoisotopic (exact) mass is 409 g/mol. The molecule has 1 aromatic heterocycles. The summed E-state index contributed by atoms with van der Waals surface area (Å²) in [6, 6.07) is 7.09. The van der Waals surface area contributed by atoms with Gasteiger partial charge in [0.1, 0.15) is 5.82 Å². The molecule has 0 radical (unpaired) electrons. The molecule has 3 heterocycles. The van der Waals surface area contributed by atoms with Crippen LogP contribution in [-0.2, 0) is 16.0 Å². The fraction of sp³-hybridized carbons (Fsp3) is 0.455. The van der Waals surface area contributed by atoms with E-state index in [1.54, 1.807) is 11.0 Å². The predicted octanol–water partition coefficient (Wildman–Crippen LogP) is 0.852. The first-order valence-corrected chi connectivity index (χ1v) is 10.5. The summed E-state index contributed by atoms with van der Waals surface area (Å²) >= 11 is 0. The number of aryl methyl sites for hydroxylation is 1. The molecular formula is C22H27N5O3. The molecule has 0 aliphatic carbocycles. The average Bonchev–Trinajstić information content (AvgIpc) is 2.76. The maximum absolute atomic E-state index is 12.8. The smallest absolute Gasteiger partial charge is 0.280 e. The number of fused-ring (bicyclic) bond motifs is 1. The van der Waals surface area contributed by atoms with E-state index in [2.05, 4.69) is 14.9 Å². The number of carbonyl (C=O) groups is 2. The van der Waals surface area contributed by atoms with Crippen molar-refractivity contribution in [2.75, 3.05) is 33.2 Å². The fourth-order valence-corrected chi connectivity index (χ4v) is 4.23. The molecule has 8 nitrogen and oxygen atoms in total. The minimum atomic E-state index is -0.407. The molecule has 1 aromatic carbocycles. The number of amides is 2. The van der Waals surface area contributed by atoms with Crippen molar-refractivity contribution in [3.05, 3.63) is 46.5 Å².